The number of nitrogens with one attached hydrogen (secondary N) is 1. The van der Waals surface area contributed by atoms with Crippen LogP contribution in [-0.2, 0) is 19.1 Å². The predicted octanol–water partition coefficient (Wildman–Crippen LogP) is 1.28. The SMILES string of the molecule is CCN1C(=O)[C@@H]2[C@H](c3ccccc3OC)N[C@@](CC)(C(=O)OC)[C@H]2C1=O. The first-order valence-corrected chi connectivity index (χ1v) is 8.81. The summed E-state index contributed by atoms with van der Waals surface area (Å²) in [6.07, 6.45) is 0.336. The van der Waals surface area contributed by atoms with E-state index in [1.165, 1.54) is 12.0 Å². The maximum atomic E-state index is 13.0. The summed E-state index contributed by atoms with van der Waals surface area (Å²) in [5.41, 5.74) is -0.481. The molecule has 2 aliphatic heterocycles. The minimum atomic E-state index is -1.23. The zero-order chi connectivity index (χ0) is 19.1. The van der Waals surface area contributed by atoms with Gasteiger partial charge < -0.3 is 9.47 Å². The molecule has 7 nitrogen and oxygen atoms in total. The summed E-state index contributed by atoms with van der Waals surface area (Å²) < 4.78 is 10.5. The van der Waals surface area contributed by atoms with Gasteiger partial charge >= 0.3 is 5.97 Å². The second-order valence-electron chi connectivity index (χ2n) is 6.60. The maximum absolute atomic E-state index is 13.0. The van der Waals surface area contributed by atoms with E-state index in [0.29, 0.717) is 12.2 Å². The Kier molecular flexibility index (Phi) is 4.75. The van der Waals surface area contributed by atoms with Crippen LogP contribution in [0.2, 0.25) is 0 Å². The Morgan fingerprint density at radius 1 is 1.19 bits per heavy atom. The third-order valence-corrected chi connectivity index (χ3v) is 5.64. The molecule has 1 N–H and O–H groups in total. The van der Waals surface area contributed by atoms with E-state index in [1.807, 2.05) is 25.1 Å². The number of nitrogens with zero attached hydrogens (tertiary/aromatic N) is 1. The molecule has 3 rings (SSSR count). The summed E-state index contributed by atoms with van der Waals surface area (Å²) in [4.78, 5) is 39.9. The molecule has 0 aromatic heterocycles. The number of para-hydroxylation sites is 1. The highest BCUT2D eigenvalue weighted by molar-refractivity contribution is 6.09. The van der Waals surface area contributed by atoms with Gasteiger partial charge in [-0.25, -0.2) is 0 Å². The Morgan fingerprint density at radius 2 is 1.88 bits per heavy atom. The lowest BCUT2D eigenvalue weighted by Gasteiger charge is -2.31. The summed E-state index contributed by atoms with van der Waals surface area (Å²) >= 11 is 0. The van der Waals surface area contributed by atoms with Crippen molar-refractivity contribution in [3.8, 4) is 5.75 Å². The first-order chi connectivity index (χ1) is 12.5. The molecule has 0 radical (unpaired) electrons. The van der Waals surface area contributed by atoms with E-state index in [-0.39, 0.29) is 18.4 Å². The largest absolute Gasteiger partial charge is 0.496 e. The van der Waals surface area contributed by atoms with Crippen molar-refractivity contribution in [1.29, 1.82) is 0 Å². The van der Waals surface area contributed by atoms with Gasteiger partial charge in [-0.3, -0.25) is 24.6 Å². The van der Waals surface area contributed by atoms with Crippen molar-refractivity contribution in [2.75, 3.05) is 20.8 Å². The average molecular weight is 360 g/mol. The van der Waals surface area contributed by atoms with E-state index in [1.54, 1.807) is 20.1 Å². The molecule has 0 spiro atoms. The van der Waals surface area contributed by atoms with Crippen molar-refractivity contribution in [2.45, 2.75) is 31.8 Å². The monoisotopic (exact) mass is 360 g/mol. The molecule has 2 fully saturated rings. The number of fused-ring (bicyclic) bond motifs is 1. The fourth-order valence-electron chi connectivity index (χ4n) is 4.40. The third-order valence-electron chi connectivity index (χ3n) is 5.64. The zero-order valence-electron chi connectivity index (χ0n) is 15.4. The number of likely N-dealkylation sites (tertiary alicyclic amines) is 1. The Bertz CT molecular complexity index is 749. The van der Waals surface area contributed by atoms with Crippen LogP contribution in [0.3, 0.4) is 0 Å². The number of carbonyl (C=O) groups excluding carboxylic acids is 3. The van der Waals surface area contributed by atoms with Gasteiger partial charge in [0.2, 0.25) is 11.8 Å². The van der Waals surface area contributed by atoms with Crippen molar-refractivity contribution in [3.63, 3.8) is 0 Å². The molecule has 0 unspecified atom stereocenters. The molecule has 0 aliphatic carbocycles. The number of hydrogen-bond acceptors (Lipinski definition) is 6. The summed E-state index contributed by atoms with van der Waals surface area (Å²) in [6, 6.07) is 6.82. The fraction of sp³-hybridized carbons (Fsp3) is 0.526. The van der Waals surface area contributed by atoms with E-state index in [2.05, 4.69) is 5.32 Å². The molecule has 2 saturated heterocycles. The van der Waals surface area contributed by atoms with Gasteiger partial charge in [0.05, 0.1) is 26.1 Å². The normalized spacial score (nSPS) is 30.5. The smallest absolute Gasteiger partial charge is 0.326 e. The molecule has 26 heavy (non-hydrogen) atoms. The number of ether oxygens (including phenoxy) is 2. The second-order valence-corrected chi connectivity index (χ2v) is 6.60. The van der Waals surface area contributed by atoms with Crippen molar-refractivity contribution >= 4 is 17.8 Å². The van der Waals surface area contributed by atoms with Crippen LogP contribution < -0.4 is 10.1 Å². The molecule has 140 valence electrons. The maximum Gasteiger partial charge on any atom is 0.326 e. The quantitative estimate of drug-likeness (QED) is 0.629. The molecule has 2 aliphatic rings. The number of rotatable bonds is 5. The van der Waals surface area contributed by atoms with E-state index in [4.69, 9.17) is 9.47 Å². The fourth-order valence-corrected chi connectivity index (χ4v) is 4.40. The molecule has 1 aromatic rings. The Hall–Kier alpha value is -2.41. The first-order valence-electron chi connectivity index (χ1n) is 8.81. The van der Waals surface area contributed by atoms with Gasteiger partial charge in [-0.2, -0.15) is 0 Å². The van der Waals surface area contributed by atoms with Gasteiger partial charge in [0.1, 0.15) is 11.3 Å². The van der Waals surface area contributed by atoms with Crippen molar-refractivity contribution in [1.82, 2.24) is 10.2 Å². The molecule has 0 saturated carbocycles. The standard InChI is InChI=1S/C19H24N2O5/c1-5-19(18(24)26-4)14-13(16(22)21(6-2)17(14)23)15(20-19)11-9-7-8-10-12(11)25-3/h7-10,13-15,20H,5-6H2,1-4H3/t13-,14+,15-,19+/m0/s1. The minimum Gasteiger partial charge on any atom is -0.496 e. The van der Waals surface area contributed by atoms with Crippen molar-refractivity contribution < 1.29 is 23.9 Å². The Morgan fingerprint density at radius 3 is 2.46 bits per heavy atom. The van der Waals surface area contributed by atoms with Crippen LogP contribution in [0.15, 0.2) is 24.3 Å². The van der Waals surface area contributed by atoms with Crippen LogP contribution in [0.5, 0.6) is 5.75 Å². The lowest BCUT2D eigenvalue weighted by molar-refractivity contribution is -0.154. The lowest BCUT2D eigenvalue weighted by Crippen LogP contribution is -2.55. The van der Waals surface area contributed by atoms with Crippen molar-refractivity contribution in [3.05, 3.63) is 29.8 Å². The summed E-state index contributed by atoms with van der Waals surface area (Å²) in [5, 5.41) is 3.28. The topological polar surface area (TPSA) is 84.9 Å². The summed E-state index contributed by atoms with van der Waals surface area (Å²) in [5.74, 6) is -1.95. The van der Waals surface area contributed by atoms with Gasteiger partial charge in [-0.05, 0) is 19.4 Å². The van der Waals surface area contributed by atoms with E-state index in [9.17, 15) is 14.4 Å². The van der Waals surface area contributed by atoms with Crippen LogP contribution in [0, 0.1) is 11.8 Å². The molecular formula is C19H24N2O5. The van der Waals surface area contributed by atoms with Crippen LogP contribution in [-0.4, -0.2) is 49.0 Å². The van der Waals surface area contributed by atoms with Gasteiger partial charge in [-0.15, -0.1) is 0 Å². The van der Waals surface area contributed by atoms with Crippen LogP contribution in [0.4, 0.5) is 0 Å². The molecule has 7 heteroatoms. The average Bonchev–Trinajstić information content (AvgIpc) is 3.15. The number of esters is 1. The zero-order valence-corrected chi connectivity index (χ0v) is 15.4. The molecule has 1 aromatic carbocycles. The predicted molar refractivity (Wildman–Crippen MR) is 93.3 cm³/mol. The molecule has 2 heterocycles. The molecule has 0 bridgehead atoms. The van der Waals surface area contributed by atoms with E-state index >= 15 is 0 Å². The van der Waals surface area contributed by atoms with Gasteiger partial charge in [0.15, 0.2) is 0 Å². The molecular weight excluding hydrogens is 336 g/mol. The van der Waals surface area contributed by atoms with E-state index < -0.39 is 29.4 Å². The highest BCUT2D eigenvalue weighted by Crippen LogP contribution is 2.51. The van der Waals surface area contributed by atoms with Crippen LogP contribution in [0.25, 0.3) is 0 Å². The third kappa shape index (κ3) is 2.34. The van der Waals surface area contributed by atoms with Gasteiger partial charge in [-0.1, -0.05) is 25.1 Å². The Labute approximate surface area is 152 Å². The molecule has 4 atom stereocenters. The van der Waals surface area contributed by atoms with E-state index in [0.717, 1.165) is 5.56 Å². The van der Waals surface area contributed by atoms with Crippen LogP contribution in [0.1, 0.15) is 31.9 Å². The number of hydrogen-bond donors (Lipinski definition) is 1. The number of carbonyl (C=O) groups is 3. The van der Waals surface area contributed by atoms with Gasteiger partial charge in [0.25, 0.3) is 0 Å². The van der Waals surface area contributed by atoms with Crippen molar-refractivity contribution in [2.24, 2.45) is 11.8 Å². The number of methoxy groups -OCH3 is 2. The number of benzene rings is 1. The number of amides is 2. The van der Waals surface area contributed by atoms with Crippen LogP contribution >= 0.6 is 0 Å². The second kappa shape index (κ2) is 6.72. The summed E-state index contributed by atoms with van der Waals surface area (Å²) in [7, 11) is 2.85. The minimum absolute atomic E-state index is 0.259. The lowest BCUT2D eigenvalue weighted by atomic mass is 9.78. The highest BCUT2D eigenvalue weighted by atomic mass is 16.5. The first kappa shape index (κ1) is 18.4. The highest BCUT2D eigenvalue weighted by Gasteiger charge is 2.68. The summed E-state index contributed by atoms with van der Waals surface area (Å²) in [6.45, 7) is 3.86. The molecule has 2 amide bonds. The Balaban J connectivity index is 2.17. The van der Waals surface area contributed by atoms with Gasteiger partial charge in [0, 0.05) is 18.2 Å². The number of imide groups is 1.